The summed E-state index contributed by atoms with van der Waals surface area (Å²) >= 11 is 1.06. The van der Waals surface area contributed by atoms with Gasteiger partial charge in [0.05, 0.1) is 18.4 Å². The molecule has 1 heterocycles. The Balaban J connectivity index is 0.00000222. The number of ether oxygens (including phenoxy) is 1. The molecule has 0 radical (unpaired) electrons. The van der Waals surface area contributed by atoms with Crippen LogP contribution in [0, 0.1) is 18.3 Å². The molecule has 0 fully saturated rings. The van der Waals surface area contributed by atoms with Crippen LogP contribution in [0.2, 0.25) is 0 Å². The van der Waals surface area contributed by atoms with E-state index in [2.05, 4.69) is 6.07 Å². The van der Waals surface area contributed by atoms with Gasteiger partial charge in [-0.1, -0.05) is 91.8 Å². The minimum Gasteiger partial charge on any atom is -0.496 e. The van der Waals surface area contributed by atoms with E-state index in [-0.39, 0.29) is 0 Å². The van der Waals surface area contributed by atoms with Crippen LogP contribution < -0.4 is 0 Å². The van der Waals surface area contributed by atoms with E-state index in [4.69, 9.17) is 9.72 Å². The number of thioether (sulfide) groups is 1. The zero-order valence-electron chi connectivity index (χ0n) is 21.6. The first kappa shape index (κ1) is 28.4. The number of pyridine rings is 1. The summed E-state index contributed by atoms with van der Waals surface area (Å²) in [5.41, 5.74) is 5.03. The molecule has 0 spiro atoms. The van der Waals surface area contributed by atoms with Crippen molar-refractivity contribution in [3.8, 4) is 17.2 Å². The average Bonchev–Trinajstić information content (AvgIpc) is 2.91. The molecule has 1 atom stereocenters. The Hall–Kier alpha value is -3.82. The largest absolute Gasteiger partial charge is 0.496 e. The fourth-order valence-electron chi connectivity index (χ4n) is 3.49. The summed E-state index contributed by atoms with van der Waals surface area (Å²) in [7, 11) is 1.59. The van der Waals surface area contributed by atoms with Gasteiger partial charge in [0.1, 0.15) is 22.1 Å². The SMILES string of the molecule is C/C=C\C(OC)=C(/C)c1cc(-c2ccc(C)cc2)c(C#N)c(SC(C(=O)O)c2ccccc2)n1.CC. The summed E-state index contributed by atoms with van der Waals surface area (Å²) in [6.07, 6.45) is 3.72. The number of benzene rings is 2. The predicted molar refractivity (Wildman–Crippen MR) is 148 cm³/mol. The molecule has 6 heteroatoms. The number of aromatic nitrogens is 1. The van der Waals surface area contributed by atoms with Gasteiger partial charge >= 0.3 is 5.97 Å². The van der Waals surface area contributed by atoms with Gasteiger partial charge in [-0.2, -0.15) is 5.26 Å². The van der Waals surface area contributed by atoms with E-state index in [1.54, 1.807) is 31.4 Å². The Bertz CT molecular complexity index is 1270. The molecule has 3 rings (SSSR count). The second-order valence-electron chi connectivity index (χ2n) is 7.65. The van der Waals surface area contributed by atoms with Gasteiger partial charge in [0.2, 0.25) is 0 Å². The van der Waals surface area contributed by atoms with E-state index >= 15 is 0 Å². The van der Waals surface area contributed by atoms with Gasteiger partial charge in [-0.3, -0.25) is 4.79 Å². The third-order valence-corrected chi connectivity index (χ3v) is 6.54. The lowest BCUT2D eigenvalue weighted by atomic mass is 9.98. The Labute approximate surface area is 218 Å². The number of allylic oxidation sites excluding steroid dienone is 3. The highest BCUT2D eigenvalue weighted by Gasteiger charge is 2.26. The van der Waals surface area contributed by atoms with Gasteiger partial charge in [0, 0.05) is 11.1 Å². The molecule has 0 saturated carbocycles. The van der Waals surface area contributed by atoms with Crippen molar-refractivity contribution in [3.05, 3.63) is 101 Å². The number of hydrogen-bond donors (Lipinski definition) is 1. The standard InChI is InChI=1S/C28H26N2O3S.C2H6/c1-5-9-25(33-4)19(3)24-16-22(20-14-12-18(2)13-15-20)23(17-29)27(30-24)34-26(28(31)32)21-10-7-6-8-11-21;1-2/h5-16,26H,1-4H3,(H,31,32);1-2H3/b9-5-,25-19-;. The van der Waals surface area contributed by atoms with E-state index in [0.717, 1.165) is 28.5 Å². The molecule has 0 aliphatic rings. The van der Waals surface area contributed by atoms with Crippen molar-refractivity contribution in [1.29, 1.82) is 5.26 Å². The number of nitrogens with zero attached hydrogens (tertiary/aromatic N) is 2. The minimum absolute atomic E-state index is 0.345. The van der Waals surface area contributed by atoms with Crippen molar-refractivity contribution >= 4 is 23.3 Å². The molecule has 5 nitrogen and oxygen atoms in total. The minimum atomic E-state index is -0.997. The normalized spacial score (nSPS) is 12.1. The van der Waals surface area contributed by atoms with E-state index in [1.165, 1.54) is 0 Å². The summed E-state index contributed by atoms with van der Waals surface area (Å²) in [5.74, 6) is -0.355. The van der Waals surface area contributed by atoms with Gasteiger partial charge in [0.25, 0.3) is 0 Å². The highest BCUT2D eigenvalue weighted by Crippen LogP contribution is 2.40. The smallest absolute Gasteiger partial charge is 0.321 e. The molecule has 0 bridgehead atoms. The second kappa shape index (κ2) is 13.9. The summed E-state index contributed by atoms with van der Waals surface area (Å²) in [6, 6.07) is 21.0. The van der Waals surface area contributed by atoms with Crippen molar-refractivity contribution < 1.29 is 14.6 Å². The first-order chi connectivity index (χ1) is 17.4. The van der Waals surface area contributed by atoms with Gasteiger partial charge in [-0.15, -0.1) is 0 Å². The number of aliphatic carboxylic acids is 1. The fraction of sp³-hybridized carbons (Fsp3) is 0.233. The maximum Gasteiger partial charge on any atom is 0.321 e. The molecule has 0 aliphatic heterocycles. The lowest BCUT2D eigenvalue weighted by molar-refractivity contribution is -0.136. The molecular formula is C30H32N2O3S. The van der Waals surface area contributed by atoms with Crippen LogP contribution in [-0.4, -0.2) is 23.2 Å². The Morgan fingerprint density at radius 2 is 1.78 bits per heavy atom. The van der Waals surface area contributed by atoms with Crippen LogP contribution in [-0.2, 0) is 9.53 Å². The number of methoxy groups -OCH3 is 1. The van der Waals surface area contributed by atoms with Crippen molar-refractivity contribution in [2.45, 2.75) is 44.9 Å². The maximum absolute atomic E-state index is 12.2. The van der Waals surface area contributed by atoms with Crippen LogP contribution in [0.15, 0.2) is 83.6 Å². The topological polar surface area (TPSA) is 83.2 Å². The van der Waals surface area contributed by atoms with Crippen LogP contribution in [0.25, 0.3) is 16.7 Å². The number of nitriles is 1. The highest BCUT2D eigenvalue weighted by molar-refractivity contribution is 8.00. The molecule has 3 aromatic rings. The number of carboxylic acids is 1. The fourth-order valence-corrected chi connectivity index (χ4v) is 4.53. The molecule has 1 unspecified atom stereocenters. The summed E-state index contributed by atoms with van der Waals surface area (Å²) < 4.78 is 5.54. The highest BCUT2D eigenvalue weighted by atomic mass is 32.2. The molecular weight excluding hydrogens is 468 g/mol. The number of aryl methyl sites for hydroxylation is 1. The van der Waals surface area contributed by atoms with E-state index in [9.17, 15) is 15.2 Å². The van der Waals surface area contributed by atoms with Gasteiger partial charge in [-0.25, -0.2) is 4.98 Å². The van der Waals surface area contributed by atoms with Crippen molar-refractivity contribution in [2.24, 2.45) is 0 Å². The van der Waals surface area contributed by atoms with Crippen LogP contribution in [0.1, 0.15) is 55.3 Å². The number of carboxylic acid groups (broad SMARTS) is 1. The Morgan fingerprint density at radius 3 is 2.31 bits per heavy atom. The quantitative estimate of drug-likeness (QED) is 0.193. The van der Waals surface area contributed by atoms with E-state index in [0.29, 0.717) is 33.2 Å². The van der Waals surface area contributed by atoms with Gasteiger partial charge in [-0.05, 0) is 44.0 Å². The molecule has 186 valence electrons. The van der Waals surface area contributed by atoms with Crippen molar-refractivity contribution in [1.82, 2.24) is 4.98 Å². The van der Waals surface area contributed by atoms with Crippen molar-refractivity contribution in [2.75, 3.05) is 7.11 Å². The molecule has 2 aromatic carbocycles. The van der Waals surface area contributed by atoms with E-state index in [1.807, 2.05) is 83.2 Å². The van der Waals surface area contributed by atoms with Crippen LogP contribution in [0.5, 0.6) is 0 Å². The predicted octanol–water partition coefficient (Wildman–Crippen LogP) is 7.83. The lowest BCUT2D eigenvalue weighted by Gasteiger charge is -2.17. The number of carbonyl (C=O) groups is 1. The van der Waals surface area contributed by atoms with Gasteiger partial charge in [0.15, 0.2) is 0 Å². The molecule has 1 aromatic heterocycles. The monoisotopic (exact) mass is 500 g/mol. The molecule has 36 heavy (non-hydrogen) atoms. The molecule has 1 N–H and O–H groups in total. The first-order valence-electron chi connectivity index (χ1n) is 11.7. The zero-order chi connectivity index (χ0) is 26.7. The number of hydrogen-bond acceptors (Lipinski definition) is 5. The third-order valence-electron chi connectivity index (χ3n) is 5.31. The molecule has 0 saturated heterocycles. The maximum atomic E-state index is 12.2. The summed E-state index contributed by atoms with van der Waals surface area (Å²) in [5, 5.41) is 19.5. The van der Waals surface area contributed by atoms with Crippen LogP contribution in [0.3, 0.4) is 0 Å². The van der Waals surface area contributed by atoms with Gasteiger partial charge < -0.3 is 9.84 Å². The molecule has 0 aliphatic carbocycles. The summed E-state index contributed by atoms with van der Waals surface area (Å²) in [6.45, 7) is 9.79. The lowest BCUT2D eigenvalue weighted by Crippen LogP contribution is -2.09. The second-order valence-corrected chi connectivity index (χ2v) is 8.75. The number of rotatable bonds is 8. The Kier molecular flexibility index (Phi) is 11.0. The van der Waals surface area contributed by atoms with E-state index < -0.39 is 11.2 Å². The first-order valence-corrected chi connectivity index (χ1v) is 12.6. The summed E-state index contributed by atoms with van der Waals surface area (Å²) in [4.78, 5) is 16.9. The zero-order valence-corrected chi connectivity index (χ0v) is 22.4. The van der Waals surface area contributed by atoms with Crippen LogP contribution >= 0.6 is 11.8 Å². The van der Waals surface area contributed by atoms with Crippen molar-refractivity contribution in [3.63, 3.8) is 0 Å². The molecule has 0 amide bonds. The third kappa shape index (κ3) is 6.87. The van der Waals surface area contributed by atoms with Crippen LogP contribution in [0.4, 0.5) is 0 Å². The average molecular weight is 501 g/mol. The Morgan fingerprint density at radius 1 is 1.14 bits per heavy atom.